The predicted octanol–water partition coefficient (Wildman–Crippen LogP) is 4.40. The Kier molecular flexibility index (Phi) is 2.30. The summed E-state index contributed by atoms with van der Waals surface area (Å²) in [5.74, 6) is 0. The van der Waals surface area contributed by atoms with Gasteiger partial charge in [0, 0.05) is 0 Å². The Morgan fingerprint density at radius 1 is 0.867 bits per heavy atom. The molecule has 0 heterocycles. The second-order valence-electron chi connectivity index (χ2n) is 5.26. The molecule has 0 saturated carbocycles. The van der Waals surface area contributed by atoms with Gasteiger partial charge < -0.3 is 0 Å². The Labute approximate surface area is 92.3 Å². The maximum Gasteiger partial charge on any atom is -0.0129 e. The van der Waals surface area contributed by atoms with Crippen molar-refractivity contribution in [2.24, 2.45) is 0 Å². The van der Waals surface area contributed by atoms with Crippen LogP contribution >= 0.6 is 0 Å². The van der Waals surface area contributed by atoms with Crippen LogP contribution in [0.5, 0.6) is 0 Å². The molecule has 0 aromatic heterocycles. The van der Waals surface area contributed by atoms with Crippen LogP contribution in [-0.4, -0.2) is 0 Å². The summed E-state index contributed by atoms with van der Waals surface area (Å²) < 4.78 is 0. The van der Waals surface area contributed by atoms with Crippen LogP contribution in [0.25, 0.3) is 11.1 Å². The monoisotopic (exact) mass is 198 g/mol. The largest absolute Gasteiger partial charge is 0.0610 e. The molecule has 0 atom stereocenters. The zero-order chi connectivity index (χ0) is 11.1. The van der Waals surface area contributed by atoms with E-state index in [1.165, 1.54) is 22.3 Å². The number of hydrogen-bond acceptors (Lipinski definition) is 0. The van der Waals surface area contributed by atoms with Gasteiger partial charge in [-0.1, -0.05) is 57.2 Å². The molecule has 0 saturated heterocycles. The van der Waals surface area contributed by atoms with E-state index in [1.54, 1.807) is 0 Å². The lowest BCUT2D eigenvalue weighted by molar-refractivity contribution is 0.587. The van der Waals surface area contributed by atoms with E-state index in [9.17, 15) is 0 Å². The van der Waals surface area contributed by atoms with E-state index in [4.69, 9.17) is 0 Å². The van der Waals surface area contributed by atoms with Gasteiger partial charge in [-0.2, -0.15) is 0 Å². The van der Waals surface area contributed by atoms with Gasteiger partial charge in [-0.3, -0.25) is 0 Å². The highest BCUT2D eigenvalue weighted by Gasteiger charge is 2.16. The van der Waals surface area contributed by atoms with E-state index in [0.717, 1.165) is 0 Å². The van der Waals surface area contributed by atoms with Gasteiger partial charge in [0.25, 0.3) is 0 Å². The van der Waals surface area contributed by atoms with Crippen LogP contribution < -0.4 is 0 Å². The van der Waals surface area contributed by atoms with Crippen molar-refractivity contribution in [3.8, 4) is 11.1 Å². The number of fused-ring (bicyclic) bond motifs is 1. The number of aryl methyl sites for hydroxylation is 1. The Morgan fingerprint density at radius 2 is 1.53 bits per heavy atom. The van der Waals surface area contributed by atoms with Crippen molar-refractivity contribution in [2.75, 3.05) is 0 Å². The third-order valence-electron chi connectivity index (χ3n) is 2.92. The normalized spacial score (nSPS) is 12.0. The molecule has 0 aromatic carbocycles. The molecule has 0 heteroatoms. The SMILES string of the molecule is Cc1cc2cccc-2ccc1C(C)(C)C. The molecule has 2 aliphatic rings. The first-order valence-corrected chi connectivity index (χ1v) is 5.48. The second kappa shape index (κ2) is 3.37. The minimum absolute atomic E-state index is 0.223. The highest BCUT2D eigenvalue weighted by atomic mass is 14.2. The molecular formula is C15H18. The summed E-state index contributed by atoms with van der Waals surface area (Å²) in [6.45, 7) is 8.99. The van der Waals surface area contributed by atoms with Crippen molar-refractivity contribution < 1.29 is 0 Å². The van der Waals surface area contributed by atoms with Crippen LogP contribution in [0.15, 0.2) is 36.4 Å². The fourth-order valence-electron chi connectivity index (χ4n) is 2.19. The summed E-state index contributed by atoms with van der Waals surface area (Å²) in [4.78, 5) is 0. The van der Waals surface area contributed by atoms with Crippen molar-refractivity contribution in [1.82, 2.24) is 0 Å². The summed E-state index contributed by atoms with van der Waals surface area (Å²) in [5, 5.41) is 0. The van der Waals surface area contributed by atoms with Crippen LogP contribution in [0.4, 0.5) is 0 Å². The molecule has 0 spiro atoms. The van der Waals surface area contributed by atoms with Gasteiger partial charge in [0.05, 0.1) is 0 Å². The van der Waals surface area contributed by atoms with Crippen molar-refractivity contribution >= 4 is 0 Å². The quantitative estimate of drug-likeness (QED) is 0.588. The van der Waals surface area contributed by atoms with E-state index >= 15 is 0 Å². The average molecular weight is 198 g/mol. The first kappa shape index (κ1) is 10.2. The predicted molar refractivity (Wildman–Crippen MR) is 66.5 cm³/mol. The molecule has 0 N–H and O–H groups in total. The summed E-state index contributed by atoms with van der Waals surface area (Å²) in [7, 11) is 0. The minimum atomic E-state index is 0.223. The van der Waals surface area contributed by atoms with Crippen molar-refractivity contribution in [1.29, 1.82) is 0 Å². The maximum absolute atomic E-state index is 2.29. The third kappa shape index (κ3) is 1.90. The fourth-order valence-corrected chi connectivity index (χ4v) is 2.19. The van der Waals surface area contributed by atoms with Crippen molar-refractivity contribution in [2.45, 2.75) is 33.1 Å². The van der Waals surface area contributed by atoms with Gasteiger partial charge in [0.1, 0.15) is 0 Å². The first-order valence-electron chi connectivity index (χ1n) is 5.48. The lowest BCUT2D eigenvalue weighted by atomic mass is 9.85. The van der Waals surface area contributed by atoms with Gasteiger partial charge in [-0.05, 0) is 34.6 Å². The van der Waals surface area contributed by atoms with Gasteiger partial charge in [0.15, 0.2) is 0 Å². The molecule has 0 aromatic rings. The molecule has 0 bridgehead atoms. The number of rotatable bonds is 0. The van der Waals surface area contributed by atoms with Crippen LogP contribution in [0.3, 0.4) is 0 Å². The summed E-state index contributed by atoms with van der Waals surface area (Å²) in [6.07, 6.45) is 0. The molecule has 2 aliphatic carbocycles. The molecule has 0 unspecified atom stereocenters. The Balaban J connectivity index is 2.68. The van der Waals surface area contributed by atoms with E-state index < -0.39 is 0 Å². The van der Waals surface area contributed by atoms with Gasteiger partial charge in [-0.25, -0.2) is 0 Å². The van der Waals surface area contributed by atoms with Crippen LogP contribution in [0.2, 0.25) is 0 Å². The van der Waals surface area contributed by atoms with Gasteiger partial charge >= 0.3 is 0 Å². The Bertz CT molecular complexity index is 446. The molecule has 0 aliphatic heterocycles. The molecular weight excluding hydrogens is 180 g/mol. The molecule has 2 rings (SSSR count). The van der Waals surface area contributed by atoms with E-state index in [-0.39, 0.29) is 5.41 Å². The summed E-state index contributed by atoms with van der Waals surface area (Å²) >= 11 is 0. The maximum atomic E-state index is 2.29. The molecule has 0 nitrogen and oxygen atoms in total. The minimum Gasteiger partial charge on any atom is -0.0610 e. The summed E-state index contributed by atoms with van der Waals surface area (Å²) in [6, 6.07) is 13.2. The van der Waals surface area contributed by atoms with E-state index in [1.807, 2.05) is 0 Å². The molecule has 15 heavy (non-hydrogen) atoms. The smallest absolute Gasteiger partial charge is 0.0129 e. The third-order valence-corrected chi connectivity index (χ3v) is 2.92. The highest BCUT2D eigenvalue weighted by Crippen LogP contribution is 2.29. The number of hydrogen-bond donors (Lipinski definition) is 0. The first-order chi connectivity index (χ1) is 6.98. The zero-order valence-corrected chi connectivity index (χ0v) is 9.96. The molecule has 0 fully saturated rings. The van der Waals surface area contributed by atoms with Crippen LogP contribution in [0, 0.1) is 6.92 Å². The van der Waals surface area contributed by atoms with E-state index in [2.05, 4.69) is 64.1 Å². The average Bonchev–Trinajstić information content (AvgIpc) is 2.45. The zero-order valence-electron chi connectivity index (χ0n) is 9.96. The molecule has 78 valence electrons. The highest BCUT2D eigenvalue weighted by molar-refractivity contribution is 5.67. The molecule has 0 radical (unpaired) electrons. The Hall–Kier alpha value is -1.30. The van der Waals surface area contributed by atoms with Crippen LogP contribution in [0.1, 0.15) is 31.9 Å². The van der Waals surface area contributed by atoms with E-state index in [0.29, 0.717) is 0 Å². The van der Waals surface area contributed by atoms with Crippen LogP contribution in [-0.2, 0) is 5.41 Å². The standard InChI is InChI=1S/C15H18/c1-11-10-13-7-5-6-12(13)8-9-14(11)15(2,3)4/h5-10H,1-4H3. The van der Waals surface area contributed by atoms with Crippen molar-refractivity contribution in [3.05, 3.63) is 47.5 Å². The second-order valence-corrected chi connectivity index (χ2v) is 5.26. The van der Waals surface area contributed by atoms with Crippen molar-refractivity contribution in [3.63, 3.8) is 0 Å². The summed E-state index contributed by atoms with van der Waals surface area (Å²) in [5.41, 5.74) is 5.69. The van der Waals surface area contributed by atoms with Gasteiger partial charge in [-0.15, -0.1) is 0 Å². The lowest BCUT2D eigenvalue weighted by Crippen LogP contribution is -2.11. The fraction of sp³-hybridized carbons (Fsp3) is 0.333. The lowest BCUT2D eigenvalue weighted by Gasteiger charge is -2.19. The topological polar surface area (TPSA) is 0 Å². The van der Waals surface area contributed by atoms with Gasteiger partial charge in [0.2, 0.25) is 0 Å². The molecule has 0 amide bonds. The Morgan fingerprint density at radius 3 is 2.20 bits per heavy atom.